The highest BCUT2D eigenvalue weighted by Gasteiger charge is 2.30. The Bertz CT molecular complexity index is 1260. The third-order valence-corrected chi connectivity index (χ3v) is 6.84. The molecule has 32 heavy (non-hydrogen) atoms. The molecular weight excluding hydrogens is 418 g/mol. The molecule has 0 amide bonds. The molecule has 2 heterocycles. The second-order valence-electron chi connectivity index (χ2n) is 8.91. The summed E-state index contributed by atoms with van der Waals surface area (Å²) in [6.07, 6.45) is 3.34. The standard InChI is InChI=1S/C26H27N3O2S/c1-16(2)12-13-32-26(30)18-8-11-20-21(14-18)28-25(29(3)19-9-10-19)24(27-20)23-15-17-6-4-5-7-22(17)31-23/h4-8,11,14-16,19H,9-10,12-13H2,1-3H3. The van der Waals surface area contributed by atoms with Gasteiger partial charge in [0.05, 0.1) is 11.0 Å². The Kier molecular flexibility index (Phi) is 5.64. The Labute approximate surface area is 192 Å². The zero-order chi connectivity index (χ0) is 22.2. The van der Waals surface area contributed by atoms with Gasteiger partial charge < -0.3 is 9.32 Å². The number of rotatable bonds is 7. The number of anilines is 1. The third kappa shape index (κ3) is 4.24. The third-order valence-electron chi connectivity index (χ3n) is 5.90. The Morgan fingerprint density at radius 1 is 1.12 bits per heavy atom. The number of furan rings is 1. The van der Waals surface area contributed by atoms with Crippen LogP contribution in [0.1, 0.15) is 43.5 Å². The number of thioether (sulfide) groups is 1. The van der Waals surface area contributed by atoms with E-state index >= 15 is 0 Å². The van der Waals surface area contributed by atoms with Crippen molar-refractivity contribution in [1.82, 2.24) is 9.97 Å². The van der Waals surface area contributed by atoms with Crippen LogP contribution in [0.15, 0.2) is 52.9 Å². The highest BCUT2D eigenvalue weighted by atomic mass is 32.2. The Hall–Kier alpha value is -2.86. The van der Waals surface area contributed by atoms with Gasteiger partial charge in [-0.3, -0.25) is 4.79 Å². The van der Waals surface area contributed by atoms with E-state index in [1.165, 1.54) is 11.8 Å². The van der Waals surface area contributed by atoms with Crippen LogP contribution >= 0.6 is 11.8 Å². The zero-order valence-electron chi connectivity index (χ0n) is 18.7. The first-order valence-corrected chi connectivity index (χ1v) is 12.2. The second-order valence-corrected chi connectivity index (χ2v) is 9.98. The number of carbonyl (C=O) groups excluding carboxylic acids is 1. The van der Waals surface area contributed by atoms with E-state index in [2.05, 4.69) is 25.8 Å². The lowest BCUT2D eigenvalue weighted by atomic mass is 10.2. The van der Waals surface area contributed by atoms with Crippen molar-refractivity contribution in [2.24, 2.45) is 5.92 Å². The predicted octanol–water partition coefficient (Wildman–Crippen LogP) is 6.56. The number of para-hydroxylation sites is 1. The monoisotopic (exact) mass is 445 g/mol. The molecule has 0 unspecified atom stereocenters. The molecule has 164 valence electrons. The molecule has 6 heteroatoms. The number of nitrogens with zero attached hydrogens (tertiary/aromatic N) is 3. The van der Waals surface area contributed by atoms with Crippen LogP contribution in [0.25, 0.3) is 33.5 Å². The summed E-state index contributed by atoms with van der Waals surface area (Å²) in [5.41, 5.74) is 3.76. The summed E-state index contributed by atoms with van der Waals surface area (Å²) in [6.45, 7) is 4.35. The van der Waals surface area contributed by atoms with Crippen molar-refractivity contribution in [3.05, 3.63) is 54.1 Å². The summed E-state index contributed by atoms with van der Waals surface area (Å²) in [6, 6.07) is 16.1. The predicted molar refractivity (Wildman–Crippen MR) is 132 cm³/mol. The SMILES string of the molecule is CC(C)CCSC(=O)c1ccc2nc(-c3cc4ccccc4o3)c(N(C)C3CC3)nc2c1. The minimum Gasteiger partial charge on any atom is -0.454 e. The van der Waals surface area contributed by atoms with Crippen LogP contribution in [0.4, 0.5) is 5.82 Å². The van der Waals surface area contributed by atoms with E-state index in [9.17, 15) is 4.79 Å². The lowest BCUT2D eigenvalue weighted by molar-refractivity contribution is 0.108. The van der Waals surface area contributed by atoms with E-state index < -0.39 is 0 Å². The number of hydrogen-bond acceptors (Lipinski definition) is 6. The lowest BCUT2D eigenvalue weighted by Crippen LogP contribution is -2.22. The maximum absolute atomic E-state index is 12.7. The average Bonchev–Trinajstić information content (AvgIpc) is 3.55. The average molecular weight is 446 g/mol. The van der Waals surface area contributed by atoms with E-state index in [1.807, 2.05) is 48.5 Å². The van der Waals surface area contributed by atoms with E-state index in [0.29, 0.717) is 23.3 Å². The molecule has 2 aromatic carbocycles. The Morgan fingerprint density at radius 3 is 2.69 bits per heavy atom. The number of fused-ring (bicyclic) bond motifs is 2. The van der Waals surface area contributed by atoms with E-state index in [-0.39, 0.29) is 5.12 Å². The number of benzene rings is 2. The summed E-state index contributed by atoms with van der Waals surface area (Å²) in [4.78, 5) is 24.8. The molecular formula is C26H27N3O2S. The minimum atomic E-state index is 0.0906. The van der Waals surface area contributed by atoms with Crippen molar-refractivity contribution in [3.63, 3.8) is 0 Å². The molecule has 5 nitrogen and oxygen atoms in total. The highest BCUT2D eigenvalue weighted by molar-refractivity contribution is 8.14. The van der Waals surface area contributed by atoms with Crippen LogP contribution in [0.2, 0.25) is 0 Å². The molecule has 0 saturated heterocycles. The summed E-state index contributed by atoms with van der Waals surface area (Å²) in [7, 11) is 2.07. The molecule has 0 aliphatic heterocycles. The minimum absolute atomic E-state index is 0.0906. The van der Waals surface area contributed by atoms with Crippen molar-refractivity contribution in [3.8, 4) is 11.5 Å². The smallest absolute Gasteiger partial charge is 0.219 e. The van der Waals surface area contributed by atoms with Gasteiger partial charge in [-0.1, -0.05) is 43.8 Å². The van der Waals surface area contributed by atoms with Gasteiger partial charge in [-0.25, -0.2) is 9.97 Å². The summed E-state index contributed by atoms with van der Waals surface area (Å²) < 4.78 is 6.13. The molecule has 1 aliphatic carbocycles. The fourth-order valence-electron chi connectivity index (χ4n) is 3.79. The first kappa shape index (κ1) is 21.0. The quantitative estimate of drug-likeness (QED) is 0.321. The molecule has 2 aromatic heterocycles. The van der Waals surface area contributed by atoms with Gasteiger partial charge in [-0.15, -0.1) is 0 Å². The second kappa shape index (κ2) is 8.58. The van der Waals surface area contributed by atoms with Gasteiger partial charge in [0.2, 0.25) is 5.12 Å². The van der Waals surface area contributed by atoms with Gasteiger partial charge in [-0.2, -0.15) is 0 Å². The van der Waals surface area contributed by atoms with E-state index in [4.69, 9.17) is 14.4 Å². The molecule has 0 bridgehead atoms. The first-order chi connectivity index (χ1) is 15.5. The van der Waals surface area contributed by atoms with Crippen molar-refractivity contribution < 1.29 is 9.21 Å². The Balaban J connectivity index is 1.55. The largest absolute Gasteiger partial charge is 0.454 e. The van der Waals surface area contributed by atoms with Crippen LogP contribution in [-0.2, 0) is 0 Å². The molecule has 4 aromatic rings. The van der Waals surface area contributed by atoms with Gasteiger partial charge in [0.15, 0.2) is 11.6 Å². The summed E-state index contributed by atoms with van der Waals surface area (Å²) in [5, 5.41) is 1.14. The maximum Gasteiger partial charge on any atom is 0.219 e. The highest BCUT2D eigenvalue weighted by Crippen LogP contribution is 2.37. The van der Waals surface area contributed by atoms with Crippen molar-refractivity contribution in [2.45, 2.75) is 39.2 Å². The van der Waals surface area contributed by atoms with Gasteiger partial charge in [0.1, 0.15) is 11.3 Å². The van der Waals surface area contributed by atoms with E-state index in [0.717, 1.165) is 58.5 Å². The number of aromatic nitrogens is 2. The first-order valence-electron chi connectivity index (χ1n) is 11.2. The van der Waals surface area contributed by atoms with Crippen molar-refractivity contribution >= 4 is 44.7 Å². The topological polar surface area (TPSA) is 59.2 Å². The van der Waals surface area contributed by atoms with Crippen LogP contribution in [0.3, 0.4) is 0 Å². The fraction of sp³-hybridized carbons (Fsp3) is 0.346. The maximum atomic E-state index is 12.7. The zero-order valence-corrected chi connectivity index (χ0v) is 19.5. The molecule has 5 rings (SSSR count). The number of hydrogen-bond donors (Lipinski definition) is 0. The van der Waals surface area contributed by atoms with E-state index in [1.54, 1.807) is 0 Å². The normalized spacial score (nSPS) is 13.9. The van der Waals surface area contributed by atoms with Gasteiger partial charge in [-0.05, 0) is 55.5 Å². The van der Waals surface area contributed by atoms with Gasteiger partial charge >= 0.3 is 0 Å². The van der Waals surface area contributed by atoms with Crippen LogP contribution in [0, 0.1) is 5.92 Å². The molecule has 0 spiro atoms. The van der Waals surface area contributed by atoms with Crippen LogP contribution in [-0.4, -0.2) is 33.9 Å². The van der Waals surface area contributed by atoms with Crippen molar-refractivity contribution in [2.75, 3.05) is 17.7 Å². The summed E-state index contributed by atoms with van der Waals surface area (Å²) in [5.74, 6) is 2.94. The molecule has 1 fully saturated rings. The van der Waals surface area contributed by atoms with Crippen LogP contribution in [0.5, 0.6) is 0 Å². The Morgan fingerprint density at radius 2 is 1.94 bits per heavy atom. The van der Waals surface area contributed by atoms with Gasteiger partial charge in [0.25, 0.3) is 0 Å². The van der Waals surface area contributed by atoms with Crippen molar-refractivity contribution in [1.29, 1.82) is 0 Å². The molecule has 0 atom stereocenters. The molecule has 1 saturated carbocycles. The number of carbonyl (C=O) groups is 1. The molecule has 0 radical (unpaired) electrons. The fourth-order valence-corrected chi connectivity index (χ4v) is 4.86. The molecule has 1 aliphatic rings. The van der Waals surface area contributed by atoms with Gasteiger partial charge in [0, 0.05) is 29.8 Å². The molecule has 0 N–H and O–H groups in total. The summed E-state index contributed by atoms with van der Waals surface area (Å²) >= 11 is 1.38. The lowest BCUT2D eigenvalue weighted by Gasteiger charge is -2.20. The van der Waals surface area contributed by atoms with Crippen LogP contribution < -0.4 is 4.90 Å².